The van der Waals surface area contributed by atoms with E-state index in [1.54, 1.807) is 6.92 Å². The minimum atomic E-state index is -4.28. The van der Waals surface area contributed by atoms with Crippen LogP contribution in [0.15, 0.2) is 0 Å². The lowest BCUT2D eigenvalue weighted by Gasteiger charge is -2.26. The summed E-state index contributed by atoms with van der Waals surface area (Å²) in [5, 5.41) is 9.09. The molecule has 0 aliphatic rings. The molecule has 204 valence electrons. The van der Waals surface area contributed by atoms with Crippen molar-refractivity contribution in [1.82, 2.24) is 0 Å². The molecule has 0 aliphatic carbocycles. The summed E-state index contributed by atoms with van der Waals surface area (Å²) in [5.41, 5.74) is -1.57. The van der Waals surface area contributed by atoms with Crippen LogP contribution in [0.3, 0.4) is 0 Å². The molecule has 0 heterocycles. The van der Waals surface area contributed by atoms with E-state index in [0.29, 0.717) is 18.6 Å². The molecule has 0 aromatic rings. The SMILES string of the molecule is CCCCCCCCCCCS(=O)C(CCCCCCCC)C(C)OP(=O)(OCCC)C(=O)O. The van der Waals surface area contributed by atoms with Gasteiger partial charge in [-0.1, -0.05) is 111 Å². The van der Waals surface area contributed by atoms with E-state index in [-0.39, 0.29) is 11.9 Å². The van der Waals surface area contributed by atoms with Gasteiger partial charge in [-0.05, 0) is 26.2 Å². The third-order valence-electron chi connectivity index (χ3n) is 6.16. The van der Waals surface area contributed by atoms with Crippen molar-refractivity contribution in [3.05, 3.63) is 0 Å². The number of rotatable bonds is 25. The molecule has 4 atom stereocenters. The molecule has 0 aromatic heterocycles. The maximum Gasteiger partial charge on any atom is 0.438 e. The van der Waals surface area contributed by atoms with Gasteiger partial charge in [0.1, 0.15) is 0 Å². The van der Waals surface area contributed by atoms with Crippen molar-refractivity contribution in [2.75, 3.05) is 12.4 Å². The minimum Gasteiger partial charge on any atom is -0.472 e. The van der Waals surface area contributed by atoms with Crippen molar-refractivity contribution in [2.45, 2.75) is 148 Å². The van der Waals surface area contributed by atoms with Gasteiger partial charge in [0.05, 0.1) is 18.0 Å². The van der Waals surface area contributed by atoms with E-state index in [4.69, 9.17) is 9.05 Å². The van der Waals surface area contributed by atoms with Gasteiger partial charge in [0.2, 0.25) is 0 Å². The van der Waals surface area contributed by atoms with Gasteiger partial charge in [-0.2, -0.15) is 0 Å². The van der Waals surface area contributed by atoms with Crippen molar-refractivity contribution in [2.24, 2.45) is 0 Å². The summed E-state index contributed by atoms with van der Waals surface area (Å²) in [6.07, 6.45) is 18.1. The summed E-state index contributed by atoms with van der Waals surface area (Å²) in [4.78, 5) is 11.6. The smallest absolute Gasteiger partial charge is 0.438 e. The average molecular weight is 525 g/mol. The van der Waals surface area contributed by atoms with Crippen molar-refractivity contribution in [1.29, 1.82) is 0 Å². The summed E-state index contributed by atoms with van der Waals surface area (Å²) in [5.74, 6) is 0.581. The monoisotopic (exact) mass is 524 g/mol. The summed E-state index contributed by atoms with van der Waals surface area (Å²) in [7, 11) is -5.44. The molecule has 0 amide bonds. The minimum absolute atomic E-state index is 0.0555. The molecular weight excluding hydrogens is 471 g/mol. The van der Waals surface area contributed by atoms with Crippen LogP contribution >= 0.6 is 7.60 Å². The maximum absolute atomic E-state index is 13.2. The van der Waals surface area contributed by atoms with Gasteiger partial charge in [0.25, 0.3) is 0 Å². The Kier molecular flexibility index (Phi) is 21.9. The molecule has 0 fully saturated rings. The zero-order valence-corrected chi connectivity index (χ0v) is 24.1. The first-order chi connectivity index (χ1) is 16.3. The Morgan fingerprint density at radius 2 is 1.26 bits per heavy atom. The number of unbranched alkanes of at least 4 members (excludes halogenated alkanes) is 13. The normalized spacial score (nSPS) is 16.1. The number of hydrogen-bond acceptors (Lipinski definition) is 5. The van der Waals surface area contributed by atoms with E-state index >= 15 is 0 Å². The first kappa shape index (κ1) is 33.8. The van der Waals surface area contributed by atoms with E-state index in [1.165, 1.54) is 57.8 Å². The van der Waals surface area contributed by atoms with Crippen LogP contribution in [0.2, 0.25) is 0 Å². The molecule has 0 saturated carbocycles. The van der Waals surface area contributed by atoms with Gasteiger partial charge in [-0.15, -0.1) is 0 Å². The Labute approximate surface area is 212 Å². The molecule has 6 nitrogen and oxygen atoms in total. The molecule has 0 aliphatic heterocycles. The van der Waals surface area contributed by atoms with Crippen LogP contribution in [0.1, 0.15) is 137 Å². The van der Waals surface area contributed by atoms with Crippen LogP contribution in [-0.2, 0) is 24.4 Å². The van der Waals surface area contributed by atoms with Crippen molar-refractivity contribution in [3.63, 3.8) is 0 Å². The van der Waals surface area contributed by atoms with Crippen LogP contribution < -0.4 is 0 Å². The number of carboxylic acid groups (broad SMARTS) is 1. The first-order valence-corrected chi connectivity index (χ1v) is 16.8. The second-order valence-electron chi connectivity index (χ2n) is 9.43. The fourth-order valence-corrected chi connectivity index (χ4v) is 7.10. The zero-order valence-electron chi connectivity index (χ0n) is 22.4. The molecule has 1 N–H and O–H groups in total. The predicted octanol–water partition coefficient (Wildman–Crippen LogP) is 9.09. The molecule has 0 aromatic carbocycles. The van der Waals surface area contributed by atoms with E-state index in [1.807, 2.05) is 6.92 Å². The van der Waals surface area contributed by atoms with Crippen LogP contribution in [0.5, 0.6) is 0 Å². The Morgan fingerprint density at radius 1 is 0.794 bits per heavy atom. The molecule has 0 spiro atoms. The van der Waals surface area contributed by atoms with E-state index < -0.39 is 30.2 Å². The van der Waals surface area contributed by atoms with Gasteiger partial charge in [0.15, 0.2) is 0 Å². The number of carbonyl (C=O) groups is 1. The van der Waals surface area contributed by atoms with E-state index in [9.17, 15) is 18.7 Å². The highest BCUT2D eigenvalue weighted by Crippen LogP contribution is 2.50. The standard InChI is InChI=1S/C26H53O6PS/c1-5-8-10-12-14-15-16-18-20-23-34(30)25(21-19-17-13-11-9-6-2)24(4)32-33(29,26(27)28)31-22-7-3/h24-25H,5-23H2,1-4H3,(H,27,28). The maximum atomic E-state index is 13.2. The average Bonchev–Trinajstić information content (AvgIpc) is 2.80. The fraction of sp³-hybridized carbons (Fsp3) is 0.962. The van der Waals surface area contributed by atoms with E-state index in [2.05, 4.69) is 13.8 Å². The molecule has 8 heteroatoms. The number of hydrogen-bond donors (Lipinski definition) is 1. The van der Waals surface area contributed by atoms with Gasteiger partial charge in [-0.3, -0.25) is 8.73 Å². The first-order valence-electron chi connectivity index (χ1n) is 13.9. The highest BCUT2D eigenvalue weighted by atomic mass is 32.2. The molecule has 0 saturated heterocycles. The topological polar surface area (TPSA) is 89.9 Å². The van der Waals surface area contributed by atoms with Crippen molar-refractivity contribution < 1.29 is 27.7 Å². The molecule has 34 heavy (non-hydrogen) atoms. The third kappa shape index (κ3) is 16.4. The van der Waals surface area contributed by atoms with Crippen LogP contribution in [0, 0.1) is 0 Å². The summed E-state index contributed by atoms with van der Waals surface area (Å²) in [6, 6.07) is 0. The van der Waals surface area contributed by atoms with Crippen molar-refractivity contribution in [3.8, 4) is 0 Å². The Balaban J connectivity index is 4.75. The van der Waals surface area contributed by atoms with Gasteiger partial charge < -0.3 is 9.63 Å². The Morgan fingerprint density at radius 3 is 1.74 bits per heavy atom. The summed E-state index contributed by atoms with van der Waals surface area (Å²) in [6.45, 7) is 7.98. The largest absolute Gasteiger partial charge is 0.472 e. The second-order valence-corrected chi connectivity index (χ2v) is 13.1. The van der Waals surface area contributed by atoms with Gasteiger partial charge in [0, 0.05) is 16.6 Å². The predicted molar refractivity (Wildman–Crippen MR) is 144 cm³/mol. The lowest BCUT2D eigenvalue weighted by molar-refractivity contribution is 0.141. The molecule has 4 unspecified atom stereocenters. The summed E-state index contributed by atoms with van der Waals surface area (Å²) < 4.78 is 36.5. The quantitative estimate of drug-likeness (QED) is 0.0946. The fourth-order valence-electron chi connectivity index (χ4n) is 4.04. The third-order valence-corrected chi connectivity index (χ3v) is 9.74. The molecular formula is C26H53O6PS. The van der Waals surface area contributed by atoms with E-state index in [0.717, 1.165) is 38.5 Å². The molecule has 0 bridgehead atoms. The summed E-state index contributed by atoms with van der Waals surface area (Å²) >= 11 is 0. The molecule has 0 rings (SSSR count). The van der Waals surface area contributed by atoms with Crippen LogP contribution in [-0.4, -0.2) is 38.7 Å². The Bertz CT molecular complexity index is 571. The van der Waals surface area contributed by atoms with Gasteiger partial charge >= 0.3 is 13.3 Å². The lowest BCUT2D eigenvalue weighted by atomic mass is 10.1. The second kappa shape index (κ2) is 22.0. The Hall–Kier alpha value is -0.230. The molecule has 0 radical (unpaired) electrons. The lowest BCUT2D eigenvalue weighted by Crippen LogP contribution is -2.32. The highest BCUT2D eigenvalue weighted by Gasteiger charge is 2.39. The van der Waals surface area contributed by atoms with Crippen molar-refractivity contribution >= 4 is 24.1 Å². The zero-order chi connectivity index (χ0) is 25.7. The highest BCUT2D eigenvalue weighted by molar-refractivity contribution is 7.85. The van der Waals surface area contributed by atoms with Gasteiger partial charge in [-0.25, -0.2) is 9.36 Å². The van der Waals surface area contributed by atoms with Crippen LogP contribution in [0.4, 0.5) is 4.79 Å². The van der Waals surface area contributed by atoms with Crippen LogP contribution in [0.25, 0.3) is 0 Å².